The van der Waals surface area contributed by atoms with Crippen molar-refractivity contribution in [2.45, 2.75) is 31.8 Å². The number of carboxylic acids is 1. The van der Waals surface area contributed by atoms with E-state index in [0.717, 1.165) is 6.42 Å². The molecule has 0 aromatic heterocycles. The standard InChI is InChI=1S/C13H14O4/c1-2-5-10-11(12(14)15)8-6-3-4-7-9(8)13(16)17-10/h3-4,6-7,10-11H,2,5H2,1H3,(H,14,15). The molecule has 1 aromatic rings. The zero-order valence-electron chi connectivity index (χ0n) is 9.55. The normalized spacial score (nSPS) is 22.8. The first kappa shape index (κ1) is 11.6. The molecule has 0 bridgehead atoms. The van der Waals surface area contributed by atoms with Crippen LogP contribution in [-0.2, 0) is 9.53 Å². The fraction of sp³-hybridized carbons (Fsp3) is 0.385. The summed E-state index contributed by atoms with van der Waals surface area (Å²) >= 11 is 0. The molecule has 17 heavy (non-hydrogen) atoms. The minimum atomic E-state index is -0.941. The Kier molecular flexibility index (Phi) is 3.13. The lowest BCUT2D eigenvalue weighted by Crippen LogP contribution is -2.36. The second-order valence-electron chi connectivity index (χ2n) is 4.14. The van der Waals surface area contributed by atoms with E-state index in [-0.39, 0.29) is 0 Å². The third kappa shape index (κ3) is 2.02. The maximum absolute atomic E-state index is 11.7. The summed E-state index contributed by atoms with van der Waals surface area (Å²) in [6.07, 6.45) is 0.793. The summed E-state index contributed by atoms with van der Waals surface area (Å²) in [5.74, 6) is -2.11. The van der Waals surface area contributed by atoms with Gasteiger partial charge in [0, 0.05) is 0 Å². The molecule has 0 aliphatic carbocycles. The van der Waals surface area contributed by atoms with Gasteiger partial charge in [0.05, 0.1) is 5.56 Å². The quantitative estimate of drug-likeness (QED) is 0.814. The molecule has 1 N–H and O–H groups in total. The van der Waals surface area contributed by atoms with Crippen molar-refractivity contribution in [2.24, 2.45) is 0 Å². The molecule has 0 saturated heterocycles. The smallest absolute Gasteiger partial charge is 0.338 e. The first-order valence-electron chi connectivity index (χ1n) is 5.68. The van der Waals surface area contributed by atoms with E-state index >= 15 is 0 Å². The van der Waals surface area contributed by atoms with E-state index in [1.807, 2.05) is 6.92 Å². The van der Waals surface area contributed by atoms with Gasteiger partial charge in [0.15, 0.2) is 0 Å². The predicted octanol–water partition coefficient (Wildman–Crippen LogP) is 2.19. The molecule has 0 saturated carbocycles. The molecule has 2 atom stereocenters. The van der Waals surface area contributed by atoms with Gasteiger partial charge in [-0.15, -0.1) is 0 Å². The first-order valence-corrected chi connectivity index (χ1v) is 5.68. The van der Waals surface area contributed by atoms with Crippen LogP contribution < -0.4 is 0 Å². The molecule has 1 heterocycles. The van der Waals surface area contributed by atoms with E-state index in [9.17, 15) is 14.7 Å². The molecule has 90 valence electrons. The number of benzene rings is 1. The Morgan fingerprint density at radius 1 is 1.41 bits per heavy atom. The van der Waals surface area contributed by atoms with Crippen LogP contribution in [0.25, 0.3) is 0 Å². The summed E-state index contributed by atoms with van der Waals surface area (Å²) in [6.45, 7) is 1.94. The lowest BCUT2D eigenvalue weighted by Gasteiger charge is -2.30. The predicted molar refractivity (Wildman–Crippen MR) is 60.9 cm³/mol. The Labute approximate surface area is 99.2 Å². The van der Waals surface area contributed by atoms with Crippen LogP contribution in [0.2, 0.25) is 0 Å². The van der Waals surface area contributed by atoms with Crippen molar-refractivity contribution in [3.63, 3.8) is 0 Å². The van der Waals surface area contributed by atoms with E-state index < -0.39 is 24.0 Å². The summed E-state index contributed by atoms with van der Waals surface area (Å²) < 4.78 is 5.21. The number of hydrogen-bond acceptors (Lipinski definition) is 3. The third-order valence-corrected chi connectivity index (χ3v) is 2.99. The summed E-state index contributed by atoms with van der Waals surface area (Å²) in [5, 5.41) is 9.28. The first-order chi connectivity index (χ1) is 8.15. The topological polar surface area (TPSA) is 63.6 Å². The van der Waals surface area contributed by atoms with Gasteiger partial charge in [0.25, 0.3) is 0 Å². The largest absolute Gasteiger partial charge is 0.481 e. The zero-order chi connectivity index (χ0) is 12.4. The van der Waals surface area contributed by atoms with Gasteiger partial charge in [-0.2, -0.15) is 0 Å². The Morgan fingerprint density at radius 2 is 2.12 bits per heavy atom. The number of esters is 1. The molecule has 4 heteroatoms. The Balaban J connectivity index is 2.46. The van der Waals surface area contributed by atoms with Gasteiger partial charge >= 0.3 is 11.9 Å². The number of cyclic esters (lactones) is 1. The fourth-order valence-corrected chi connectivity index (χ4v) is 2.23. The maximum atomic E-state index is 11.7. The molecular formula is C13H14O4. The SMILES string of the molecule is CCCC1OC(=O)c2ccccc2C1C(=O)O. The lowest BCUT2D eigenvalue weighted by atomic mass is 9.85. The van der Waals surface area contributed by atoms with Crippen molar-refractivity contribution in [3.8, 4) is 0 Å². The highest BCUT2D eigenvalue weighted by Gasteiger charge is 2.39. The van der Waals surface area contributed by atoms with Gasteiger partial charge in [-0.25, -0.2) is 4.79 Å². The zero-order valence-corrected chi connectivity index (χ0v) is 9.55. The Hall–Kier alpha value is -1.84. The maximum Gasteiger partial charge on any atom is 0.338 e. The van der Waals surface area contributed by atoms with Gasteiger partial charge in [-0.3, -0.25) is 4.79 Å². The number of fused-ring (bicyclic) bond motifs is 1. The molecule has 0 amide bonds. The summed E-state index contributed by atoms with van der Waals surface area (Å²) in [7, 11) is 0. The van der Waals surface area contributed by atoms with Crippen molar-refractivity contribution < 1.29 is 19.4 Å². The second-order valence-corrected chi connectivity index (χ2v) is 4.14. The second kappa shape index (κ2) is 4.57. The number of ether oxygens (including phenoxy) is 1. The summed E-state index contributed by atoms with van der Waals surface area (Å²) in [5.41, 5.74) is 0.932. The van der Waals surface area contributed by atoms with Crippen molar-refractivity contribution in [1.82, 2.24) is 0 Å². The average Bonchev–Trinajstić information content (AvgIpc) is 2.29. The van der Waals surface area contributed by atoms with Crippen LogP contribution in [0.3, 0.4) is 0 Å². The monoisotopic (exact) mass is 234 g/mol. The number of aliphatic carboxylic acids is 1. The van der Waals surface area contributed by atoms with E-state index in [4.69, 9.17) is 4.74 Å². The minimum absolute atomic E-state index is 0.368. The lowest BCUT2D eigenvalue weighted by molar-refractivity contribution is -0.142. The highest BCUT2D eigenvalue weighted by molar-refractivity contribution is 5.95. The van der Waals surface area contributed by atoms with Gasteiger partial charge < -0.3 is 9.84 Å². The van der Waals surface area contributed by atoms with Gasteiger partial charge in [-0.1, -0.05) is 31.5 Å². The average molecular weight is 234 g/mol. The Bertz CT molecular complexity index is 452. The van der Waals surface area contributed by atoms with Crippen LogP contribution in [0.5, 0.6) is 0 Å². The Morgan fingerprint density at radius 3 is 2.76 bits per heavy atom. The van der Waals surface area contributed by atoms with E-state index in [0.29, 0.717) is 17.5 Å². The highest BCUT2D eigenvalue weighted by Crippen LogP contribution is 2.33. The third-order valence-electron chi connectivity index (χ3n) is 2.99. The fourth-order valence-electron chi connectivity index (χ4n) is 2.23. The molecular weight excluding hydrogens is 220 g/mol. The van der Waals surface area contributed by atoms with Crippen LogP contribution in [0.4, 0.5) is 0 Å². The number of carboxylic acid groups (broad SMARTS) is 1. The molecule has 0 spiro atoms. The van der Waals surface area contributed by atoms with E-state index in [1.165, 1.54) is 0 Å². The van der Waals surface area contributed by atoms with E-state index in [2.05, 4.69) is 0 Å². The number of hydrogen-bond donors (Lipinski definition) is 1. The number of carbonyl (C=O) groups excluding carboxylic acids is 1. The van der Waals surface area contributed by atoms with Crippen molar-refractivity contribution in [2.75, 3.05) is 0 Å². The summed E-state index contributed by atoms with van der Waals surface area (Å²) in [4.78, 5) is 23.0. The molecule has 0 fully saturated rings. The molecule has 0 radical (unpaired) electrons. The molecule has 1 aromatic carbocycles. The van der Waals surface area contributed by atoms with Crippen LogP contribution in [0.1, 0.15) is 41.6 Å². The highest BCUT2D eigenvalue weighted by atomic mass is 16.5. The van der Waals surface area contributed by atoms with Crippen molar-refractivity contribution in [1.29, 1.82) is 0 Å². The molecule has 1 aliphatic rings. The van der Waals surface area contributed by atoms with Crippen LogP contribution in [0, 0.1) is 0 Å². The van der Waals surface area contributed by atoms with Crippen molar-refractivity contribution >= 4 is 11.9 Å². The molecule has 2 unspecified atom stereocenters. The van der Waals surface area contributed by atoms with Gasteiger partial charge in [-0.05, 0) is 18.1 Å². The number of rotatable bonds is 3. The van der Waals surface area contributed by atoms with Crippen LogP contribution in [0.15, 0.2) is 24.3 Å². The molecule has 4 nitrogen and oxygen atoms in total. The minimum Gasteiger partial charge on any atom is -0.481 e. The van der Waals surface area contributed by atoms with Gasteiger partial charge in [0.2, 0.25) is 0 Å². The van der Waals surface area contributed by atoms with Crippen LogP contribution >= 0.6 is 0 Å². The van der Waals surface area contributed by atoms with E-state index in [1.54, 1.807) is 24.3 Å². The van der Waals surface area contributed by atoms with Gasteiger partial charge in [0.1, 0.15) is 12.0 Å². The summed E-state index contributed by atoms with van der Waals surface area (Å²) in [6, 6.07) is 6.75. The van der Waals surface area contributed by atoms with Crippen molar-refractivity contribution in [3.05, 3.63) is 35.4 Å². The van der Waals surface area contributed by atoms with Crippen LogP contribution in [-0.4, -0.2) is 23.1 Å². The molecule has 2 rings (SSSR count). The number of carbonyl (C=O) groups is 2. The molecule has 1 aliphatic heterocycles.